The number of fused-ring (bicyclic) bond motifs is 2. The molecule has 2 aliphatic heterocycles. The molecule has 1 aromatic carbocycles. The lowest BCUT2D eigenvalue weighted by atomic mass is 9.97. The van der Waals surface area contributed by atoms with Gasteiger partial charge in [0.25, 0.3) is 5.69 Å². The summed E-state index contributed by atoms with van der Waals surface area (Å²) in [6, 6.07) is 6.78. The molecule has 2 N–H and O–H groups in total. The van der Waals surface area contributed by atoms with Crippen LogP contribution in [0.5, 0.6) is 0 Å². The zero-order valence-corrected chi connectivity index (χ0v) is 11.1. The molecule has 0 aromatic heterocycles. The lowest BCUT2D eigenvalue weighted by molar-refractivity contribution is -0.385. The van der Waals surface area contributed by atoms with Crippen molar-refractivity contribution < 1.29 is 4.92 Å². The minimum atomic E-state index is -0.320. The van der Waals surface area contributed by atoms with E-state index in [0.29, 0.717) is 18.1 Å². The van der Waals surface area contributed by atoms with E-state index in [1.807, 2.05) is 12.1 Å². The maximum atomic E-state index is 10.9. The van der Waals surface area contributed by atoms with Gasteiger partial charge in [-0.1, -0.05) is 0 Å². The predicted molar refractivity (Wildman–Crippen MR) is 74.3 cm³/mol. The Kier molecular flexibility index (Phi) is 2.93. The normalized spacial score (nSPS) is 29.6. The van der Waals surface area contributed by atoms with E-state index in [4.69, 9.17) is 5.73 Å². The predicted octanol–water partition coefficient (Wildman–Crippen LogP) is 2.36. The van der Waals surface area contributed by atoms with Crippen LogP contribution in [0.4, 0.5) is 11.4 Å². The van der Waals surface area contributed by atoms with E-state index in [2.05, 4.69) is 4.90 Å². The van der Waals surface area contributed by atoms with Crippen LogP contribution in [0.3, 0.4) is 0 Å². The summed E-state index contributed by atoms with van der Waals surface area (Å²) in [5.74, 6) is 0. The Morgan fingerprint density at radius 1 is 1.32 bits per heavy atom. The van der Waals surface area contributed by atoms with Crippen LogP contribution < -0.4 is 10.6 Å². The first-order valence-electron chi connectivity index (χ1n) is 6.85. The number of nitrogens with two attached hydrogens (primary N) is 1. The number of rotatable bonds is 2. The minimum absolute atomic E-state index is 0.199. The van der Waals surface area contributed by atoms with Crippen LogP contribution >= 0.6 is 0 Å². The second-order valence-electron chi connectivity index (χ2n) is 5.75. The van der Waals surface area contributed by atoms with Gasteiger partial charge >= 0.3 is 0 Å². The first-order chi connectivity index (χ1) is 9.06. The summed E-state index contributed by atoms with van der Waals surface area (Å²) in [6.07, 6.45) is 4.45. The van der Waals surface area contributed by atoms with Gasteiger partial charge in [-0.15, -0.1) is 0 Å². The number of aryl methyl sites for hydroxylation is 1. The van der Waals surface area contributed by atoms with Gasteiger partial charge in [-0.25, -0.2) is 0 Å². The first kappa shape index (κ1) is 12.4. The van der Waals surface area contributed by atoms with Crippen LogP contribution in [0, 0.1) is 17.0 Å². The quantitative estimate of drug-likeness (QED) is 0.655. The van der Waals surface area contributed by atoms with Crippen molar-refractivity contribution in [2.75, 3.05) is 4.90 Å². The molecular weight excluding hydrogens is 242 g/mol. The summed E-state index contributed by atoms with van der Waals surface area (Å²) in [5.41, 5.74) is 8.12. The van der Waals surface area contributed by atoms with Crippen LogP contribution in [0.25, 0.3) is 0 Å². The van der Waals surface area contributed by atoms with E-state index < -0.39 is 0 Å². The largest absolute Gasteiger partial charge is 0.365 e. The van der Waals surface area contributed by atoms with Gasteiger partial charge in [0, 0.05) is 35.4 Å². The Hall–Kier alpha value is -1.62. The average Bonchev–Trinajstić information content (AvgIpc) is 2.61. The topological polar surface area (TPSA) is 72.4 Å². The van der Waals surface area contributed by atoms with E-state index in [1.54, 1.807) is 13.0 Å². The maximum absolute atomic E-state index is 10.9. The number of benzene rings is 1. The summed E-state index contributed by atoms with van der Waals surface area (Å²) in [7, 11) is 0. The molecule has 2 heterocycles. The molecule has 102 valence electrons. The molecule has 0 aliphatic carbocycles. The lowest BCUT2D eigenvalue weighted by Crippen LogP contribution is -2.47. The van der Waals surface area contributed by atoms with Crippen molar-refractivity contribution in [3.05, 3.63) is 33.9 Å². The van der Waals surface area contributed by atoms with Crippen molar-refractivity contribution in [3.8, 4) is 0 Å². The molecule has 5 heteroatoms. The van der Waals surface area contributed by atoms with Crippen LogP contribution in [-0.2, 0) is 0 Å². The smallest absolute Gasteiger partial charge is 0.272 e. The molecular formula is C14H19N3O2. The van der Waals surface area contributed by atoms with Crippen LogP contribution in [0.15, 0.2) is 18.2 Å². The second kappa shape index (κ2) is 4.49. The van der Waals surface area contributed by atoms with Crippen molar-refractivity contribution in [3.63, 3.8) is 0 Å². The molecule has 0 saturated carbocycles. The molecule has 5 nitrogen and oxygen atoms in total. The third-order valence-electron chi connectivity index (χ3n) is 4.44. The van der Waals surface area contributed by atoms with Gasteiger partial charge in [-0.3, -0.25) is 10.1 Å². The Morgan fingerprint density at radius 3 is 2.47 bits per heavy atom. The zero-order valence-electron chi connectivity index (χ0n) is 11.1. The fourth-order valence-electron chi connectivity index (χ4n) is 3.65. The number of nitro groups is 1. The molecule has 2 saturated heterocycles. The lowest BCUT2D eigenvalue weighted by Gasteiger charge is -2.39. The number of hydrogen-bond donors (Lipinski definition) is 1. The molecule has 2 atom stereocenters. The highest BCUT2D eigenvalue weighted by Crippen LogP contribution is 2.39. The average molecular weight is 261 g/mol. The summed E-state index contributed by atoms with van der Waals surface area (Å²) in [6.45, 7) is 1.80. The van der Waals surface area contributed by atoms with Crippen molar-refractivity contribution >= 4 is 11.4 Å². The summed E-state index contributed by atoms with van der Waals surface area (Å²) in [4.78, 5) is 13.0. The molecule has 1 aromatic rings. The molecule has 0 spiro atoms. The van der Waals surface area contributed by atoms with Crippen LogP contribution in [0.2, 0.25) is 0 Å². The zero-order chi connectivity index (χ0) is 13.6. The van der Waals surface area contributed by atoms with Gasteiger partial charge in [0.2, 0.25) is 0 Å². The minimum Gasteiger partial charge on any atom is -0.365 e. The van der Waals surface area contributed by atoms with Crippen molar-refractivity contribution in [2.24, 2.45) is 5.73 Å². The first-order valence-corrected chi connectivity index (χ1v) is 6.85. The van der Waals surface area contributed by atoms with Crippen molar-refractivity contribution in [1.82, 2.24) is 0 Å². The number of anilines is 1. The number of hydrogen-bond acceptors (Lipinski definition) is 4. The second-order valence-corrected chi connectivity index (χ2v) is 5.75. The molecule has 2 aliphatic rings. The van der Waals surface area contributed by atoms with Crippen molar-refractivity contribution in [1.29, 1.82) is 0 Å². The van der Waals surface area contributed by atoms with Gasteiger partial charge in [-0.05, 0) is 44.7 Å². The Bertz CT molecular complexity index is 503. The molecule has 0 radical (unpaired) electrons. The summed E-state index contributed by atoms with van der Waals surface area (Å²) < 4.78 is 0. The van der Waals surface area contributed by atoms with Gasteiger partial charge in [0.15, 0.2) is 0 Å². The maximum Gasteiger partial charge on any atom is 0.272 e. The van der Waals surface area contributed by atoms with Crippen LogP contribution in [0.1, 0.15) is 31.2 Å². The molecule has 0 amide bonds. The molecule has 2 unspecified atom stereocenters. The Morgan fingerprint density at radius 2 is 1.95 bits per heavy atom. The van der Waals surface area contributed by atoms with Gasteiger partial charge in [0.05, 0.1) is 4.92 Å². The third kappa shape index (κ3) is 2.08. The third-order valence-corrected chi connectivity index (χ3v) is 4.44. The SMILES string of the molecule is Cc1cc(N2C3CCC2CC(N)C3)ccc1[N+](=O)[O-]. The fourth-order valence-corrected chi connectivity index (χ4v) is 3.65. The standard InChI is InChI=1S/C14H19N3O2/c1-9-6-11(4-5-14(9)17(18)19)16-12-2-3-13(16)8-10(15)7-12/h4-6,10,12-13H,2-3,7-8,15H2,1H3. The molecule has 2 bridgehead atoms. The number of nitrogens with zero attached hydrogens (tertiary/aromatic N) is 2. The van der Waals surface area contributed by atoms with Crippen LogP contribution in [-0.4, -0.2) is 23.0 Å². The summed E-state index contributed by atoms with van der Waals surface area (Å²) in [5, 5.41) is 10.9. The van der Waals surface area contributed by atoms with Gasteiger partial charge in [0.1, 0.15) is 0 Å². The van der Waals surface area contributed by atoms with E-state index in [-0.39, 0.29) is 10.6 Å². The molecule has 2 fully saturated rings. The number of piperidine rings is 1. The highest BCUT2D eigenvalue weighted by molar-refractivity contribution is 5.57. The monoisotopic (exact) mass is 261 g/mol. The molecule has 3 rings (SSSR count). The van der Waals surface area contributed by atoms with E-state index in [9.17, 15) is 10.1 Å². The van der Waals surface area contributed by atoms with E-state index in [1.165, 1.54) is 12.8 Å². The fraction of sp³-hybridized carbons (Fsp3) is 0.571. The van der Waals surface area contributed by atoms with E-state index in [0.717, 1.165) is 24.1 Å². The van der Waals surface area contributed by atoms with Gasteiger partial charge < -0.3 is 10.6 Å². The number of nitro benzene ring substituents is 1. The van der Waals surface area contributed by atoms with Gasteiger partial charge in [-0.2, -0.15) is 0 Å². The highest BCUT2D eigenvalue weighted by atomic mass is 16.6. The van der Waals surface area contributed by atoms with Crippen molar-refractivity contribution in [2.45, 2.75) is 50.7 Å². The van der Waals surface area contributed by atoms with E-state index >= 15 is 0 Å². The summed E-state index contributed by atoms with van der Waals surface area (Å²) >= 11 is 0. The Balaban J connectivity index is 1.91. The Labute approximate surface area is 112 Å². The highest BCUT2D eigenvalue weighted by Gasteiger charge is 2.39. The molecule has 19 heavy (non-hydrogen) atoms.